The van der Waals surface area contributed by atoms with Crippen LogP contribution >= 0.6 is 12.4 Å². The monoisotopic (exact) mass is 284 g/mol. The molecule has 0 saturated carbocycles. The van der Waals surface area contributed by atoms with Crippen LogP contribution in [0.3, 0.4) is 0 Å². The lowest BCUT2D eigenvalue weighted by Crippen LogP contribution is -2.34. The quantitative estimate of drug-likeness (QED) is 0.904. The molecule has 0 heterocycles. The zero-order chi connectivity index (χ0) is 13.7. The first-order valence-electron chi connectivity index (χ1n) is 6.49. The number of aryl methyl sites for hydroxylation is 1. The summed E-state index contributed by atoms with van der Waals surface area (Å²) in [6, 6.07) is 7.81. The third kappa shape index (κ3) is 5.62. The molecule has 0 aromatic heterocycles. The lowest BCUT2D eigenvalue weighted by Gasteiger charge is -2.21. The maximum absolute atomic E-state index is 12.1. The highest BCUT2D eigenvalue weighted by atomic mass is 35.5. The van der Waals surface area contributed by atoms with E-state index in [1.165, 1.54) is 0 Å². The summed E-state index contributed by atoms with van der Waals surface area (Å²) in [5, 5.41) is 0. The number of nitrogens with zero attached hydrogens (tertiary/aromatic N) is 1. The van der Waals surface area contributed by atoms with Crippen LogP contribution in [0.25, 0.3) is 0 Å². The summed E-state index contributed by atoms with van der Waals surface area (Å²) >= 11 is 0. The third-order valence-electron chi connectivity index (χ3n) is 3.30. The highest BCUT2D eigenvalue weighted by molar-refractivity contribution is 5.94. The molecule has 1 atom stereocenters. The van der Waals surface area contributed by atoms with Crippen LogP contribution in [0.2, 0.25) is 0 Å². The number of halogens is 1. The van der Waals surface area contributed by atoms with Crippen molar-refractivity contribution in [1.82, 2.24) is 4.90 Å². The number of benzene rings is 1. The SMILES string of the molecule is Cc1ccc(C(=O)N(C)CCC(N)C(C)C)cc1.Cl. The zero-order valence-corrected chi connectivity index (χ0v) is 13.0. The van der Waals surface area contributed by atoms with Gasteiger partial charge >= 0.3 is 0 Å². The van der Waals surface area contributed by atoms with Crippen molar-refractivity contribution in [3.05, 3.63) is 35.4 Å². The molecule has 108 valence electrons. The second-order valence-electron chi connectivity index (χ2n) is 5.29. The normalized spacial score (nSPS) is 11.9. The van der Waals surface area contributed by atoms with Crippen molar-refractivity contribution in [3.8, 4) is 0 Å². The van der Waals surface area contributed by atoms with Crippen molar-refractivity contribution < 1.29 is 4.79 Å². The van der Waals surface area contributed by atoms with E-state index < -0.39 is 0 Å². The molecule has 1 aromatic rings. The Morgan fingerprint density at radius 1 is 1.26 bits per heavy atom. The smallest absolute Gasteiger partial charge is 0.253 e. The van der Waals surface area contributed by atoms with Crippen molar-refractivity contribution in [2.24, 2.45) is 11.7 Å². The minimum absolute atomic E-state index is 0. The molecule has 19 heavy (non-hydrogen) atoms. The average molecular weight is 285 g/mol. The van der Waals surface area contributed by atoms with Crippen molar-refractivity contribution >= 4 is 18.3 Å². The van der Waals surface area contributed by atoms with Gasteiger partial charge in [-0.2, -0.15) is 0 Å². The molecule has 3 nitrogen and oxygen atoms in total. The Hall–Kier alpha value is -1.06. The second kappa shape index (κ2) is 8.18. The Kier molecular flexibility index (Phi) is 7.72. The van der Waals surface area contributed by atoms with Crippen LogP contribution in [0.15, 0.2) is 24.3 Å². The maximum Gasteiger partial charge on any atom is 0.253 e. The van der Waals surface area contributed by atoms with Gasteiger partial charge in [-0.3, -0.25) is 4.79 Å². The molecule has 1 unspecified atom stereocenters. The maximum atomic E-state index is 12.1. The Balaban J connectivity index is 0.00000324. The first-order valence-corrected chi connectivity index (χ1v) is 6.49. The molecule has 1 amide bonds. The summed E-state index contributed by atoms with van der Waals surface area (Å²) in [7, 11) is 1.83. The topological polar surface area (TPSA) is 46.3 Å². The first-order chi connectivity index (χ1) is 8.41. The Labute approximate surface area is 122 Å². The summed E-state index contributed by atoms with van der Waals surface area (Å²) in [5.41, 5.74) is 7.89. The molecule has 1 aromatic carbocycles. The van der Waals surface area contributed by atoms with Crippen molar-refractivity contribution in [2.45, 2.75) is 33.2 Å². The van der Waals surface area contributed by atoms with Gasteiger partial charge in [0.1, 0.15) is 0 Å². The summed E-state index contributed by atoms with van der Waals surface area (Å²) in [5.74, 6) is 0.513. The van der Waals surface area contributed by atoms with Gasteiger partial charge in [0.05, 0.1) is 0 Å². The fourth-order valence-electron chi connectivity index (χ4n) is 1.69. The third-order valence-corrected chi connectivity index (χ3v) is 3.30. The standard InChI is InChI=1S/C15H24N2O.ClH/c1-11(2)14(16)9-10-17(4)15(18)13-7-5-12(3)6-8-13;/h5-8,11,14H,9-10,16H2,1-4H3;1H. The minimum atomic E-state index is 0. The lowest BCUT2D eigenvalue weighted by molar-refractivity contribution is 0.0789. The molecule has 0 aliphatic rings. The van der Waals surface area contributed by atoms with Gasteiger partial charge in [0.15, 0.2) is 0 Å². The Bertz CT molecular complexity index is 390. The van der Waals surface area contributed by atoms with Crippen molar-refractivity contribution in [3.63, 3.8) is 0 Å². The average Bonchev–Trinajstić information content (AvgIpc) is 2.35. The minimum Gasteiger partial charge on any atom is -0.342 e. The van der Waals surface area contributed by atoms with Gasteiger partial charge in [0.25, 0.3) is 5.91 Å². The lowest BCUT2D eigenvalue weighted by atomic mass is 10.0. The van der Waals surface area contributed by atoms with Crippen LogP contribution in [0, 0.1) is 12.8 Å². The van der Waals surface area contributed by atoms with E-state index in [1.807, 2.05) is 38.2 Å². The van der Waals surface area contributed by atoms with Crippen LogP contribution in [-0.2, 0) is 0 Å². The van der Waals surface area contributed by atoms with E-state index in [9.17, 15) is 4.79 Å². The number of carbonyl (C=O) groups is 1. The van der Waals surface area contributed by atoms with E-state index in [1.54, 1.807) is 4.90 Å². The number of amides is 1. The summed E-state index contributed by atoms with van der Waals surface area (Å²) < 4.78 is 0. The molecular formula is C15H25ClN2O. The van der Waals surface area contributed by atoms with E-state index in [-0.39, 0.29) is 24.4 Å². The predicted molar refractivity (Wildman–Crippen MR) is 82.8 cm³/mol. The van der Waals surface area contributed by atoms with E-state index in [0.717, 1.165) is 17.5 Å². The molecule has 0 aliphatic carbocycles. The summed E-state index contributed by atoms with van der Waals surface area (Å²) in [4.78, 5) is 13.9. The number of hydrogen-bond donors (Lipinski definition) is 1. The van der Waals surface area contributed by atoms with Gasteiger partial charge in [0, 0.05) is 25.2 Å². The van der Waals surface area contributed by atoms with Gasteiger partial charge in [-0.15, -0.1) is 12.4 Å². The van der Waals surface area contributed by atoms with Gasteiger partial charge < -0.3 is 10.6 Å². The van der Waals surface area contributed by atoms with Gasteiger partial charge in [0.2, 0.25) is 0 Å². The molecular weight excluding hydrogens is 260 g/mol. The highest BCUT2D eigenvalue weighted by Gasteiger charge is 2.14. The van der Waals surface area contributed by atoms with E-state index in [0.29, 0.717) is 12.5 Å². The molecule has 0 radical (unpaired) electrons. The summed E-state index contributed by atoms with van der Waals surface area (Å²) in [6.07, 6.45) is 0.839. The molecule has 2 N–H and O–H groups in total. The largest absolute Gasteiger partial charge is 0.342 e. The Morgan fingerprint density at radius 3 is 2.26 bits per heavy atom. The molecule has 0 spiro atoms. The molecule has 1 rings (SSSR count). The van der Waals surface area contributed by atoms with E-state index in [2.05, 4.69) is 13.8 Å². The molecule has 0 saturated heterocycles. The number of nitrogens with two attached hydrogens (primary N) is 1. The van der Waals surface area contributed by atoms with Gasteiger partial charge in [-0.1, -0.05) is 31.5 Å². The zero-order valence-electron chi connectivity index (χ0n) is 12.2. The van der Waals surface area contributed by atoms with Crippen LogP contribution < -0.4 is 5.73 Å². The molecule has 0 bridgehead atoms. The summed E-state index contributed by atoms with van der Waals surface area (Å²) in [6.45, 7) is 6.92. The molecule has 0 aliphatic heterocycles. The van der Waals surface area contributed by atoms with Crippen molar-refractivity contribution in [1.29, 1.82) is 0 Å². The van der Waals surface area contributed by atoms with Gasteiger partial charge in [-0.05, 0) is 31.4 Å². The first kappa shape index (κ1) is 17.9. The highest BCUT2D eigenvalue weighted by Crippen LogP contribution is 2.08. The Morgan fingerprint density at radius 2 is 1.79 bits per heavy atom. The number of carbonyl (C=O) groups excluding carboxylic acids is 1. The molecule has 4 heteroatoms. The predicted octanol–water partition coefficient (Wildman–Crippen LogP) is 2.86. The van der Waals surface area contributed by atoms with E-state index >= 15 is 0 Å². The van der Waals surface area contributed by atoms with Crippen LogP contribution in [0.5, 0.6) is 0 Å². The fourth-order valence-corrected chi connectivity index (χ4v) is 1.69. The van der Waals surface area contributed by atoms with E-state index in [4.69, 9.17) is 5.73 Å². The number of hydrogen-bond acceptors (Lipinski definition) is 2. The fraction of sp³-hybridized carbons (Fsp3) is 0.533. The van der Waals surface area contributed by atoms with Crippen molar-refractivity contribution in [2.75, 3.05) is 13.6 Å². The van der Waals surface area contributed by atoms with Crippen LogP contribution in [0.1, 0.15) is 36.2 Å². The van der Waals surface area contributed by atoms with Crippen LogP contribution in [0.4, 0.5) is 0 Å². The second-order valence-corrected chi connectivity index (χ2v) is 5.29. The number of rotatable bonds is 5. The van der Waals surface area contributed by atoms with Gasteiger partial charge in [-0.25, -0.2) is 0 Å². The van der Waals surface area contributed by atoms with Crippen LogP contribution in [-0.4, -0.2) is 30.4 Å². The molecule has 0 fully saturated rings.